The normalized spacial score (nSPS) is 16.6. The number of para-hydroxylation sites is 1. The minimum Gasteiger partial charge on any atom is -0.377 e. The zero-order valence-electron chi connectivity index (χ0n) is 16.1. The van der Waals surface area contributed by atoms with Crippen LogP contribution in [0.5, 0.6) is 0 Å². The highest BCUT2D eigenvalue weighted by atomic mass is 16.5. The van der Waals surface area contributed by atoms with E-state index < -0.39 is 6.04 Å². The first-order valence-electron chi connectivity index (χ1n) is 9.37. The third kappa shape index (κ3) is 4.28. The van der Waals surface area contributed by atoms with Crippen molar-refractivity contribution >= 4 is 11.7 Å². The number of hydrogen-bond donors (Lipinski definition) is 1. The Morgan fingerprint density at radius 1 is 1.21 bits per heavy atom. The number of benzene rings is 2. The summed E-state index contributed by atoms with van der Waals surface area (Å²) in [7, 11) is 1.55. The Balaban J connectivity index is 1.55. The summed E-state index contributed by atoms with van der Waals surface area (Å²) in [4.78, 5) is 19.1. The van der Waals surface area contributed by atoms with Gasteiger partial charge in [-0.3, -0.25) is 0 Å². The zero-order chi connectivity index (χ0) is 20.1. The van der Waals surface area contributed by atoms with Crippen LogP contribution in [0.15, 0.2) is 59.1 Å². The van der Waals surface area contributed by atoms with Gasteiger partial charge in [0.05, 0.1) is 18.9 Å². The lowest BCUT2D eigenvalue weighted by Gasteiger charge is -2.33. The standard InChI is InChI=1S/C21H22N4O4/c1-27-14-19-23-20(24-29-19)18-13-28-12-11-25(18)21(26)22-17-10-6-5-9-16(17)15-7-3-2-4-8-15/h2-10,18H,11-14H2,1H3,(H,22,26). The maximum Gasteiger partial charge on any atom is 0.322 e. The molecule has 1 atom stereocenters. The van der Waals surface area contributed by atoms with Crippen LogP contribution >= 0.6 is 0 Å². The molecule has 0 aliphatic carbocycles. The van der Waals surface area contributed by atoms with E-state index >= 15 is 0 Å². The van der Waals surface area contributed by atoms with Crippen LogP contribution in [0.4, 0.5) is 10.5 Å². The summed E-state index contributed by atoms with van der Waals surface area (Å²) < 4.78 is 15.8. The van der Waals surface area contributed by atoms with E-state index in [0.717, 1.165) is 16.8 Å². The predicted octanol–water partition coefficient (Wildman–Crippen LogP) is 3.49. The largest absolute Gasteiger partial charge is 0.377 e. The number of rotatable bonds is 5. The number of hydrogen-bond acceptors (Lipinski definition) is 6. The number of nitrogens with zero attached hydrogens (tertiary/aromatic N) is 3. The molecule has 2 heterocycles. The Morgan fingerprint density at radius 3 is 2.83 bits per heavy atom. The van der Waals surface area contributed by atoms with Gasteiger partial charge in [-0.1, -0.05) is 53.7 Å². The third-order valence-electron chi connectivity index (χ3n) is 4.69. The molecule has 1 aliphatic heterocycles. The number of methoxy groups -OCH3 is 1. The summed E-state index contributed by atoms with van der Waals surface area (Å²) >= 11 is 0. The number of aromatic nitrogens is 2. The predicted molar refractivity (Wildman–Crippen MR) is 106 cm³/mol. The first-order chi connectivity index (χ1) is 14.3. The second-order valence-electron chi connectivity index (χ2n) is 6.61. The summed E-state index contributed by atoms with van der Waals surface area (Å²) in [5, 5.41) is 7.03. The molecule has 1 aliphatic rings. The zero-order valence-corrected chi connectivity index (χ0v) is 16.1. The number of carbonyl (C=O) groups is 1. The van der Waals surface area contributed by atoms with Crippen molar-refractivity contribution in [1.82, 2.24) is 15.0 Å². The molecular weight excluding hydrogens is 372 g/mol. The van der Waals surface area contributed by atoms with Gasteiger partial charge in [0.1, 0.15) is 12.6 Å². The van der Waals surface area contributed by atoms with Crippen molar-refractivity contribution in [2.24, 2.45) is 0 Å². The minimum absolute atomic E-state index is 0.219. The first kappa shape index (κ1) is 19.1. The van der Waals surface area contributed by atoms with E-state index in [2.05, 4.69) is 15.5 Å². The molecule has 1 aromatic heterocycles. The van der Waals surface area contributed by atoms with E-state index in [0.29, 0.717) is 31.5 Å². The number of nitrogens with one attached hydrogen (secondary N) is 1. The Kier molecular flexibility index (Phi) is 5.83. The van der Waals surface area contributed by atoms with Gasteiger partial charge in [-0.2, -0.15) is 4.98 Å². The quantitative estimate of drug-likeness (QED) is 0.713. The molecule has 29 heavy (non-hydrogen) atoms. The number of ether oxygens (including phenoxy) is 2. The molecule has 8 heteroatoms. The van der Waals surface area contributed by atoms with E-state index in [1.807, 2.05) is 54.6 Å². The Labute approximate surface area is 168 Å². The van der Waals surface area contributed by atoms with E-state index in [9.17, 15) is 4.79 Å². The number of morpholine rings is 1. The Bertz CT molecular complexity index is 960. The Hall–Kier alpha value is -3.23. The minimum atomic E-state index is -0.429. The van der Waals surface area contributed by atoms with Crippen LogP contribution in [0.1, 0.15) is 17.8 Å². The molecule has 0 radical (unpaired) electrons. The number of carbonyl (C=O) groups excluding carboxylic acids is 1. The number of amides is 2. The molecule has 0 saturated carbocycles. The maximum atomic E-state index is 13.1. The lowest BCUT2D eigenvalue weighted by atomic mass is 10.0. The lowest BCUT2D eigenvalue weighted by Crippen LogP contribution is -2.45. The fourth-order valence-corrected chi connectivity index (χ4v) is 3.29. The summed E-state index contributed by atoms with van der Waals surface area (Å²) in [6, 6.07) is 17.0. The highest BCUT2D eigenvalue weighted by Gasteiger charge is 2.32. The maximum absolute atomic E-state index is 13.1. The van der Waals surface area contributed by atoms with Gasteiger partial charge in [0.2, 0.25) is 0 Å². The number of urea groups is 1. The SMILES string of the molecule is COCc1nc(C2COCCN2C(=O)Nc2ccccc2-c2ccccc2)no1. The average molecular weight is 394 g/mol. The van der Waals surface area contributed by atoms with E-state index in [1.54, 1.807) is 12.0 Å². The molecule has 8 nitrogen and oxygen atoms in total. The van der Waals surface area contributed by atoms with Crippen molar-refractivity contribution in [2.45, 2.75) is 12.6 Å². The van der Waals surface area contributed by atoms with Gasteiger partial charge in [0.15, 0.2) is 5.82 Å². The average Bonchev–Trinajstić information content (AvgIpc) is 3.23. The molecule has 4 rings (SSSR count). The summed E-state index contributed by atoms with van der Waals surface area (Å²) in [6.45, 7) is 1.40. The van der Waals surface area contributed by atoms with Crippen LogP contribution in [0.3, 0.4) is 0 Å². The van der Waals surface area contributed by atoms with Crippen molar-refractivity contribution < 1.29 is 18.8 Å². The fraction of sp³-hybridized carbons (Fsp3) is 0.286. The molecule has 1 N–H and O–H groups in total. The van der Waals surface area contributed by atoms with Crippen LogP contribution < -0.4 is 5.32 Å². The Morgan fingerprint density at radius 2 is 2.00 bits per heavy atom. The third-order valence-corrected chi connectivity index (χ3v) is 4.69. The fourth-order valence-electron chi connectivity index (χ4n) is 3.29. The molecule has 3 aromatic rings. The van der Waals surface area contributed by atoms with Crippen LogP contribution in [0.25, 0.3) is 11.1 Å². The van der Waals surface area contributed by atoms with Crippen molar-refractivity contribution in [3.05, 3.63) is 66.3 Å². The van der Waals surface area contributed by atoms with Gasteiger partial charge in [0, 0.05) is 19.2 Å². The van der Waals surface area contributed by atoms with Crippen LogP contribution in [-0.2, 0) is 16.1 Å². The van der Waals surface area contributed by atoms with Crippen LogP contribution in [0.2, 0.25) is 0 Å². The number of anilines is 1. The van der Waals surface area contributed by atoms with Gasteiger partial charge in [-0.05, 0) is 11.6 Å². The van der Waals surface area contributed by atoms with E-state index in [-0.39, 0.29) is 12.6 Å². The second kappa shape index (κ2) is 8.85. The summed E-state index contributed by atoms with van der Waals surface area (Å²) in [5.74, 6) is 0.770. The summed E-state index contributed by atoms with van der Waals surface area (Å²) in [5.41, 5.74) is 2.72. The molecule has 150 valence electrons. The van der Waals surface area contributed by atoms with Crippen molar-refractivity contribution in [2.75, 3.05) is 32.2 Å². The highest BCUT2D eigenvalue weighted by molar-refractivity contribution is 5.94. The monoisotopic (exact) mass is 394 g/mol. The van der Waals surface area contributed by atoms with Crippen LogP contribution in [0, 0.1) is 0 Å². The molecular formula is C21H22N4O4. The van der Waals surface area contributed by atoms with Gasteiger partial charge in [0.25, 0.3) is 5.89 Å². The topological polar surface area (TPSA) is 89.7 Å². The van der Waals surface area contributed by atoms with Crippen molar-refractivity contribution in [3.63, 3.8) is 0 Å². The second-order valence-corrected chi connectivity index (χ2v) is 6.61. The molecule has 1 saturated heterocycles. The lowest BCUT2D eigenvalue weighted by molar-refractivity contribution is 0.0110. The summed E-state index contributed by atoms with van der Waals surface area (Å²) in [6.07, 6.45) is 0. The van der Waals surface area contributed by atoms with E-state index in [4.69, 9.17) is 14.0 Å². The molecule has 0 bridgehead atoms. The van der Waals surface area contributed by atoms with Gasteiger partial charge in [-0.25, -0.2) is 4.79 Å². The van der Waals surface area contributed by atoms with Gasteiger partial charge in [-0.15, -0.1) is 0 Å². The van der Waals surface area contributed by atoms with Gasteiger partial charge < -0.3 is 24.2 Å². The molecule has 0 spiro atoms. The van der Waals surface area contributed by atoms with Crippen molar-refractivity contribution in [1.29, 1.82) is 0 Å². The molecule has 1 unspecified atom stereocenters. The molecule has 1 fully saturated rings. The highest BCUT2D eigenvalue weighted by Crippen LogP contribution is 2.29. The first-order valence-corrected chi connectivity index (χ1v) is 9.37. The van der Waals surface area contributed by atoms with Gasteiger partial charge >= 0.3 is 6.03 Å². The van der Waals surface area contributed by atoms with Crippen molar-refractivity contribution in [3.8, 4) is 11.1 Å². The smallest absolute Gasteiger partial charge is 0.322 e. The van der Waals surface area contributed by atoms with E-state index in [1.165, 1.54) is 0 Å². The molecule has 2 aromatic carbocycles. The molecule has 2 amide bonds. The van der Waals surface area contributed by atoms with Crippen LogP contribution in [-0.4, -0.2) is 47.9 Å².